The third-order valence-corrected chi connectivity index (χ3v) is 5.58. The van der Waals surface area contributed by atoms with Gasteiger partial charge in [0.15, 0.2) is 5.82 Å². The predicted molar refractivity (Wildman–Crippen MR) is 120 cm³/mol. The average molecular weight is 394 g/mol. The van der Waals surface area contributed by atoms with Crippen LogP contribution in [-0.4, -0.2) is 47.0 Å². The summed E-state index contributed by atoms with van der Waals surface area (Å²) in [4.78, 5) is 26.5. The number of nitrogens with zero attached hydrogens (tertiary/aromatic N) is 4. The van der Waals surface area contributed by atoms with Crippen LogP contribution in [0.2, 0.25) is 0 Å². The third kappa shape index (κ3) is 3.50. The van der Waals surface area contributed by atoms with Crippen molar-refractivity contribution in [3.05, 3.63) is 90.6 Å². The Labute approximate surface area is 175 Å². The maximum Gasteiger partial charge on any atom is 0.254 e. The molecule has 1 aliphatic heterocycles. The van der Waals surface area contributed by atoms with Crippen molar-refractivity contribution < 1.29 is 4.79 Å². The van der Waals surface area contributed by atoms with E-state index in [1.807, 2.05) is 83.8 Å². The minimum atomic E-state index is 0.0964. The van der Waals surface area contributed by atoms with Crippen molar-refractivity contribution in [2.24, 2.45) is 0 Å². The largest absolute Gasteiger partial charge is 0.353 e. The SMILES string of the molecule is O=C(c1cccc2ccccc12)N1CCN(c2ccnc(-c3ccccc3)n2)CC1. The van der Waals surface area contributed by atoms with Crippen LogP contribution in [0.15, 0.2) is 85.1 Å². The van der Waals surface area contributed by atoms with Crippen molar-refractivity contribution >= 4 is 22.5 Å². The zero-order valence-electron chi connectivity index (χ0n) is 16.6. The summed E-state index contributed by atoms with van der Waals surface area (Å²) in [7, 11) is 0. The number of carbonyl (C=O) groups is 1. The highest BCUT2D eigenvalue weighted by atomic mass is 16.2. The Morgan fingerprint density at radius 1 is 0.767 bits per heavy atom. The van der Waals surface area contributed by atoms with Gasteiger partial charge >= 0.3 is 0 Å². The number of benzene rings is 3. The Kier molecular flexibility index (Phi) is 4.85. The van der Waals surface area contributed by atoms with E-state index in [0.717, 1.165) is 46.6 Å². The molecular formula is C25H22N4O. The summed E-state index contributed by atoms with van der Waals surface area (Å²) in [6, 6.07) is 25.9. The molecule has 3 aromatic carbocycles. The van der Waals surface area contributed by atoms with Gasteiger partial charge in [-0.1, -0.05) is 66.7 Å². The molecule has 0 atom stereocenters. The molecule has 1 fully saturated rings. The van der Waals surface area contributed by atoms with E-state index in [-0.39, 0.29) is 5.91 Å². The zero-order valence-corrected chi connectivity index (χ0v) is 16.6. The fraction of sp³-hybridized carbons (Fsp3) is 0.160. The van der Waals surface area contributed by atoms with Crippen LogP contribution in [0.5, 0.6) is 0 Å². The van der Waals surface area contributed by atoms with E-state index in [4.69, 9.17) is 4.98 Å². The second-order valence-electron chi connectivity index (χ2n) is 7.41. The predicted octanol–water partition coefficient (Wildman–Crippen LogP) is 4.26. The number of hydrogen-bond donors (Lipinski definition) is 0. The molecule has 5 heteroatoms. The summed E-state index contributed by atoms with van der Waals surface area (Å²) < 4.78 is 0. The molecule has 4 aromatic rings. The van der Waals surface area contributed by atoms with Crippen molar-refractivity contribution in [3.63, 3.8) is 0 Å². The molecule has 148 valence electrons. The summed E-state index contributed by atoms with van der Waals surface area (Å²) >= 11 is 0. The molecule has 0 aliphatic carbocycles. The van der Waals surface area contributed by atoms with Gasteiger partial charge in [-0.2, -0.15) is 0 Å². The van der Waals surface area contributed by atoms with Gasteiger partial charge in [-0.25, -0.2) is 9.97 Å². The second kappa shape index (κ2) is 7.95. The molecule has 1 aliphatic rings. The fourth-order valence-electron chi connectivity index (χ4n) is 3.97. The standard InChI is InChI=1S/C25H22N4O/c30-25(22-12-6-10-19-7-4-5-11-21(19)22)29-17-15-28(16-18-29)23-13-14-26-24(27-23)20-8-2-1-3-9-20/h1-14H,15-18H2. The maximum absolute atomic E-state index is 13.2. The van der Waals surface area contributed by atoms with Gasteiger partial charge in [0.25, 0.3) is 5.91 Å². The van der Waals surface area contributed by atoms with E-state index in [1.165, 1.54) is 0 Å². The van der Waals surface area contributed by atoms with Crippen LogP contribution >= 0.6 is 0 Å². The number of rotatable bonds is 3. The Balaban J connectivity index is 1.31. The Hall–Kier alpha value is -3.73. The summed E-state index contributed by atoms with van der Waals surface area (Å²) in [5, 5.41) is 2.10. The molecular weight excluding hydrogens is 372 g/mol. The lowest BCUT2D eigenvalue weighted by Crippen LogP contribution is -2.49. The van der Waals surface area contributed by atoms with Gasteiger partial charge in [-0.05, 0) is 22.9 Å². The molecule has 5 nitrogen and oxygen atoms in total. The second-order valence-corrected chi connectivity index (χ2v) is 7.41. The molecule has 2 heterocycles. The van der Waals surface area contributed by atoms with Crippen LogP contribution in [0.3, 0.4) is 0 Å². The fourth-order valence-corrected chi connectivity index (χ4v) is 3.97. The van der Waals surface area contributed by atoms with Crippen molar-refractivity contribution in [3.8, 4) is 11.4 Å². The molecule has 1 aromatic heterocycles. The van der Waals surface area contributed by atoms with Crippen LogP contribution in [0.1, 0.15) is 10.4 Å². The Morgan fingerprint density at radius 2 is 1.50 bits per heavy atom. The minimum Gasteiger partial charge on any atom is -0.353 e. The first-order valence-electron chi connectivity index (χ1n) is 10.2. The van der Waals surface area contributed by atoms with E-state index >= 15 is 0 Å². The van der Waals surface area contributed by atoms with Crippen molar-refractivity contribution in [2.45, 2.75) is 0 Å². The molecule has 0 bridgehead atoms. The third-order valence-electron chi connectivity index (χ3n) is 5.58. The lowest BCUT2D eigenvalue weighted by Gasteiger charge is -2.35. The first-order valence-corrected chi connectivity index (χ1v) is 10.2. The van der Waals surface area contributed by atoms with E-state index in [9.17, 15) is 4.79 Å². The average Bonchev–Trinajstić information content (AvgIpc) is 2.84. The van der Waals surface area contributed by atoms with Crippen molar-refractivity contribution in [1.82, 2.24) is 14.9 Å². The van der Waals surface area contributed by atoms with Gasteiger partial charge in [0, 0.05) is 43.5 Å². The van der Waals surface area contributed by atoms with E-state index < -0.39 is 0 Å². The number of fused-ring (bicyclic) bond motifs is 1. The first-order chi connectivity index (χ1) is 14.8. The molecule has 1 saturated heterocycles. The van der Waals surface area contributed by atoms with Gasteiger partial charge < -0.3 is 9.80 Å². The molecule has 5 rings (SSSR count). The number of carbonyl (C=O) groups excluding carboxylic acids is 1. The lowest BCUT2D eigenvalue weighted by molar-refractivity contribution is 0.0748. The van der Waals surface area contributed by atoms with Crippen LogP contribution in [0, 0.1) is 0 Å². The summed E-state index contributed by atoms with van der Waals surface area (Å²) in [5.41, 5.74) is 1.78. The van der Waals surface area contributed by atoms with Crippen LogP contribution in [0.25, 0.3) is 22.2 Å². The first kappa shape index (κ1) is 18.3. The van der Waals surface area contributed by atoms with E-state index in [0.29, 0.717) is 13.1 Å². The van der Waals surface area contributed by atoms with Crippen molar-refractivity contribution in [1.29, 1.82) is 0 Å². The van der Waals surface area contributed by atoms with E-state index in [1.54, 1.807) is 6.20 Å². The Bertz CT molecular complexity index is 1180. The Morgan fingerprint density at radius 3 is 2.33 bits per heavy atom. The summed E-state index contributed by atoms with van der Waals surface area (Å²) in [5.74, 6) is 1.72. The smallest absolute Gasteiger partial charge is 0.254 e. The number of piperazine rings is 1. The normalized spacial score (nSPS) is 14.1. The number of hydrogen-bond acceptors (Lipinski definition) is 4. The van der Waals surface area contributed by atoms with E-state index in [2.05, 4.69) is 9.88 Å². The number of amides is 1. The number of aromatic nitrogens is 2. The highest BCUT2D eigenvalue weighted by molar-refractivity contribution is 6.07. The molecule has 0 N–H and O–H groups in total. The van der Waals surface area contributed by atoms with Crippen LogP contribution < -0.4 is 4.90 Å². The van der Waals surface area contributed by atoms with Crippen LogP contribution in [0.4, 0.5) is 5.82 Å². The van der Waals surface area contributed by atoms with Crippen molar-refractivity contribution in [2.75, 3.05) is 31.1 Å². The zero-order chi connectivity index (χ0) is 20.3. The monoisotopic (exact) mass is 394 g/mol. The topological polar surface area (TPSA) is 49.3 Å². The minimum absolute atomic E-state index is 0.0964. The van der Waals surface area contributed by atoms with Gasteiger partial charge in [0.05, 0.1) is 0 Å². The van der Waals surface area contributed by atoms with Gasteiger partial charge in [0.1, 0.15) is 5.82 Å². The van der Waals surface area contributed by atoms with Gasteiger partial charge in [-0.3, -0.25) is 4.79 Å². The van der Waals surface area contributed by atoms with Gasteiger partial charge in [0.2, 0.25) is 0 Å². The van der Waals surface area contributed by atoms with Gasteiger partial charge in [-0.15, -0.1) is 0 Å². The molecule has 0 saturated carbocycles. The summed E-state index contributed by atoms with van der Waals surface area (Å²) in [6.45, 7) is 2.85. The molecule has 30 heavy (non-hydrogen) atoms. The summed E-state index contributed by atoms with van der Waals surface area (Å²) in [6.07, 6.45) is 1.80. The highest BCUT2D eigenvalue weighted by Crippen LogP contribution is 2.22. The molecule has 1 amide bonds. The molecule has 0 radical (unpaired) electrons. The highest BCUT2D eigenvalue weighted by Gasteiger charge is 2.24. The molecule has 0 spiro atoms. The molecule has 0 unspecified atom stereocenters. The lowest BCUT2D eigenvalue weighted by atomic mass is 10.0. The maximum atomic E-state index is 13.2. The van der Waals surface area contributed by atoms with Crippen LogP contribution in [-0.2, 0) is 0 Å². The quantitative estimate of drug-likeness (QED) is 0.521. The number of anilines is 1.